The Morgan fingerprint density at radius 3 is 2.30 bits per heavy atom. The Balaban J connectivity index is 1.94. The van der Waals surface area contributed by atoms with Gasteiger partial charge in [-0.05, 0) is 17.0 Å². The molecule has 0 aromatic heterocycles. The van der Waals surface area contributed by atoms with Crippen LogP contribution in [0.25, 0.3) is 10.8 Å². The molecule has 20 heavy (non-hydrogen) atoms. The van der Waals surface area contributed by atoms with Crippen LogP contribution in [0.2, 0.25) is 0 Å². The SMILES string of the molecule is Oc1c(OCc2ccccc2)cc2ccccc2c1O. The molecule has 0 radical (unpaired) electrons. The average molecular weight is 266 g/mol. The van der Waals surface area contributed by atoms with Crippen LogP contribution in [0.15, 0.2) is 60.7 Å². The summed E-state index contributed by atoms with van der Waals surface area (Å²) in [7, 11) is 0. The standard InChI is InChI=1S/C17H14O3/c18-16-14-9-5-4-8-13(14)10-15(17(16)19)20-11-12-6-2-1-3-7-12/h1-10,18-19H,11H2. The van der Waals surface area contributed by atoms with Crippen LogP contribution >= 0.6 is 0 Å². The molecule has 3 heteroatoms. The summed E-state index contributed by atoms with van der Waals surface area (Å²) in [5, 5.41) is 21.4. The van der Waals surface area contributed by atoms with E-state index in [0.29, 0.717) is 12.0 Å². The third kappa shape index (κ3) is 2.26. The summed E-state index contributed by atoms with van der Waals surface area (Å²) < 4.78 is 5.60. The lowest BCUT2D eigenvalue weighted by molar-refractivity contribution is 0.284. The minimum absolute atomic E-state index is 0.147. The first-order valence-corrected chi connectivity index (χ1v) is 6.36. The number of ether oxygens (including phenoxy) is 1. The molecule has 0 atom stereocenters. The molecule has 0 saturated carbocycles. The molecule has 0 aliphatic heterocycles. The van der Waals surface area contributed by atoms with E-state index in [0.717, 1.165) is 10.9 Å². The second-order valence-corrected chi connectivity index (χ2v) is 4.57. The summed E-state index contributed by atoms with van der Waals surface area (Å²) in [5.74, 6) is -0.0872. The van der Waals surface area contributed by atoms with Crippen molar-refractivity contribution in [3.8, 4) is 17.2 Å². The molecule has 2 N–H and O–H groups in total. The van der Waals surface area contributed by atoms with Crippen LogP contribution < -0.4 is 4.74 Å². The molecule has 0 bridgehead atoms. The molecule has 0 heterocycles. The maximum atomic E-state index is 10.0. The van der Waals surface area contributed by atoms with E-state index in [-0.39, 0.29) is 17.2 Å². The summed E-state index contributed by atoms with van der Waals surface area (Å²) in [6.45, 7) is 0.339. The molecule has 0 fully saturated rings. The van der Waals surface area contributed by atoms with Crippen LogP contribution in [0.5, 0.6) is 17.2 Å². The van der Waals surface area contributed by atoms with Crippen molar-refractivity contribution in [3.63, 3.8) is 0 Å². The van der Waals surface area contributed by atoms with Crippen LogP contribution in [-0.4, -0.2) is 10.2 Å². The van der Waals surface area contributed by atoms with Crippen molar-refractivity contribution in [2.45, 2.75) is 6.61 Å². The van der Waals surface area contributed by atoms with Gasteiger partial charge in [-0.3, -0.25) is 0 Å². The van der Waals surface area contributed by atoms with Crippen LogP contribution in [0.1, 0.15) is 5.56 Å². The topological polar surface area (TPSA) is 49.7 Å². The Labute approximate surface area is 116 Å². The smallest absolute Gasteiger partial charge is 0.201 e. The normalized spacial score (nSPS) is 10.6. The van der Waals surface area contributed by atoms with E-state index in [9.17, 15) is 10.2 Å². The average Bonchev–Trinajstić information content (AvgIpc) is 2.50. The number of benzene rings is 3. The zero-order chi connectivity index (χ0) is 13.9. The fraction of sp³-hybridized carbons (Fsp3) is 0.0588. The first-order valence-electron chi connectivity index (χ1n) is 6.36. The van der Waals surface area contributed by atoms with E-state index in [1.54, 1.807) is 12.1 Å². The van der Waals surface area contributed by atoms with Crippen LogP contribution in [0, 0.1) is 0 Å². The number of hydrogen-bond acceptors (Lipinski definition) is 3. The highest BCUT2D eigenvalue weighted by Crippen LogP contribution is 2.41. The molecule has 3 aromatic carbocycles. The van der Waals surface area contributed by atoms with Crippen LogP contribution in [0.4, 0.5) is 0 Å². The van der Waals surface area contributed by atoms with E-state index in [1.165, 1.54) is 0 Å². The second-order valence-electron chi connectivity index (χ2n) is 4.57. The Hall–Kier alpha value is -2.68. The predicted octanol–water partition coefficient (Wildman–Crippen LogP) is 3.83. The zero-order valence-electron chi connectivity index (χ0n) is 10.8. The second kappa shape index (κ2) is 5.13. The molecule has 3 nitrogen and oxygen atoms in total. The number of fused-ring (bicyclic) bond motifs is 1. The van der Waals surface area contributed by atoms with Gasteiger partial charge in [-0.25, -0.2) is 0 Å². The fourth-order valence-electron chi connectivity index (χ4n) is 2.14. The number of hydrogen-bond donors (Lipinski definition) is 2. The molecule has 0 aliphatic rings. The Kier molecular flexibility index (Phi) is 3.17. The summed E-state index contributed by atoms with van der Waals surface area (Å²) >= 11 is 0. The molecule has 100 valence electrons. The first kappa shape index (κ1) is 12.4. The Morgan fingerprint density at radius 1 is 0.800 bits per heavy atom. The van der Waals surface area contributed by atoms with Gasteiger partial charge in [0.05, 0.1) is 0 Å². The van der Waals surface area contributed by atoms with Crippen molar-refractivity contribution < 1.29 is 14.9 Å². The third-order valence-electron chi connectivity index (χ3n) is 3.20. The molecule has 0 spiro atoms. The molecule has 0 amide bonds. The number of phenolic OH excluding ortho intramolecular Hbond substituents is 2. The molecule has 0 saturated heterocycles. The number of rotatable bonds is 3. The van der Waals surface area contributed by atoms with Crippen molar-refractivity contribution >= 4 is 10.8 Å². The number of phenols is 2. The van der Waals surface area contributed by atoms with Gasteiger partial charge in [0.1, 0.15) is 6.61 Å². The Bertz CT molecular complexity index is 736. The highest BCUT2D eigenvalue weighted by atomic mass is 16.5. The first-order chi connectivity index (χ1) is 9.75. The third-order valence-corrected chi connectivity index (χ3v) is 3.20. The van der Waals surface area contributed by atoms with Crippen molar-refractivity contribution in [1.82, 2.24) is 0 Å². The molecular formula is C17H14O3. The fourth-order valence-corrected chi connectivity index (χ4v) is 2.14. The molecule has 0 unspecified atom stereocenters. The number of aromatic hydroxyl groups is 2. The van der Waals surface area contributed by atoms with Crippen molar-refractivity contribution in [1.29, 1.82) is 0 Å². The maximum Gasteiger partial charge on any atom is 0.201 e. The minimum atomic E-state index is -0.223. The highest BCUT2D eigenvalue weighted by Gasteiger charge is 2.12. The van der Waals surface area contributed by atoms with Gasteiger partial charge in [0.25, 0.3) is 0 Å². The lowest BCUT2D eigenvalue weighted by atomic mass is 10.1. The summed E-state index contributed by atoms with van der Waals surface area (Å²) in [6.07, 6.45) is 0. The van der Waals surface area contributed by atoms with Gasteiger partial charge in [-0.1, -0.05) is 54.6 Å². The largest absolute Gasteiger partial charge is 0.504 e. The van der Waals surface area contributed by atoms with Gasteiger partial charge in [-0.2, -0.15) is 0 Å². The van der Waals surface area contributed by atoms with Gasteiger partial charge in [0.2, 0.25) is 5.75 Å². The summed E-state index contributed by atoms with van der Waals surface area (Å²) in [5.41, 5.74) is 1.000. The predicted molar refractivity (Wildman–Crippen MR) is 78.1 cm³/mol. The minimum Gasteiger partial charge on any atom is -0.504 e. The zero-order valence-corrected chi connectivity index (χ0v) is 10.8. The monoisotopic (exact) mass is 266 g/mol. The van der Waals surface area contributed by atoms with E-state index < -0.39 is 0 Å². The van der Waals surface area contributed by atoms with Gasteiger partial charge in [0.15, 0.2) is 11.5 Å². The quantitative estimate of drug-likeness (QED) is 0.708. The van der Waals surface area contributed by atoms with E-state index in [1.807, 2.05) is 48.5 Å². The summed E-state index contributed by atoms with van der Waals surface area (Å²) in [6, 6.07) is 18.7. The lowest BCUT2D eigenvalue weighted by Gasteiger charge is -2.11. The van der Waals surface area contributed by atoms with Gasteiger partial charge >= 0.3 is 0 Å². The van der Waals surface area contributed by atoms with Gasteiger partial charge < -0.3 is 14.9 Å². The van der Waals surface area contributed by atoms with Crippen molar-refractivity contribution in [2.24, 2.45) is 0 Å². The molecule has 0 aliphatic carbocycles. The van der Waals surface area contributed by atoms with Crippen LogP contribution in [0.3, 0.4) is 0 Å². The van der Waals surface area contributed by atoms with E-state index >= 15 is 0 Å². The molecule has 3 aromatic rings. The van der Waals surface area contributed by atoms with Gasteiger partial charge in [0, 0.05) is 5.39 Å². The van der Waals surface area contributed by atoms with E-state index in [4.69, 9.17) is 4.74 Å². The van der Waals surface area contributed by atoms with E-state index in [2.05, 4.69) is 0 Å². The lowest BCUT2D eigenvalue weighted by Crippen LogP contribution is -1.95. The maximum absolute atomic E-state index is 10.0. The highest BCUT2D eigenvalue weighted by molar-refractivity contribution is 5.92. The molecule has 3 rings (SSSR count). The molecular weight excluding hydrogens is 252 g/mol. The van der Waals surface area contributed by atoms with Crippen molar-refractivity contribution in [2.75, 3.05) is 0 Å². The van der Waals surface area contributed by atoms with Crippen molar-refractivity contribution in [3.05, 3.63) is 66.2 Å². The van der Waals surface area contributed by atoms with Gasteiger partial charge in [-0.15, -0.1) is 0 Å². The van der Waals surface area contributed by atoms with Crippen LogP contribution in [-0.2, 0) is 6.61 Å². The summed E-state index contributed by atoms with van der Waals surface area (Å²) in [4.78, 5) is 0. The Morgan fingerprint density at radius 2 is 1.50 bits per heavy atom.